The van der Waals surface area contributed by atoms with Gasteiger partial charge in [0, 0.05) is 23.4 Å². The first kappa shape index (κ1) is 17.9. The fraction of sp³-hybridized carbons (Fsp3) is 0.0769. The molecular weight excluding hydrogens is 374 g/mol. The van der Waals surface area contributed by atoms with E-state index in [4.69, 9.17) is 17.4 Å². The molecule has 0 saturated heterocycles. The van der Waals surface area contributed by atoms with Gasteiger partial charge in [-0.15, -0.1) is 0 Å². The summed E-state index contributed by atoms with van der Waals surface area (Å²) >= 11 is 4.94. The van der Waals surface area contributed by atoms with Crippen LogP contribution in [-0.4, -0.2) is 0 Å². The predicted molar refractivity (Wildman–Crippen MR) is 123 cm³/mol. The lowest BCUT2D eigenvalue weighted by atomic mass is 9.91. The monoisotopic (exact) mass is 395 g/mol. The summed E-state index contributed by atoms with van der Waals surface area (Å²) in [5.41, 5.74) is 6.92. The van der Waals surface area contributed by atoms with Crippen molar-refractivity contribution in [1.29, 1.82) is 0 Å². The van der Waals surface area contributed by atoms with Crippen molar-refractivity contribution in [3.05, 3.63) is 114 Å². The second kappa shape index (κ2) is 7.69. The maximum atomic E-state index is 6.16. The molecule has 29 heavy (non-hydrogen) atoms. The minimum absolute atomic E-state index is 0.0120. The van der Waals surface area contributed by atoms with Crippen molar-refractivity contribution in [3.8, 4) is 22.6 Å². The summed E-state index contributed by atoms with van der Waals surface area (Å²) in [6.07, 6.45) is 0. The summed E-state index contributed by atoms with van der Waals surface area (Å²) in [6.45, 7) is 0.810. The number of ether oxygens (including phenoxy) is 1. The smallest absolute Gasteiger partial charge is 0.132 e. The minimum atomic E-state index is -0.0120. The second-order valence-corrected chi connectivity index (χ2v) is 7.69. The highest BCUT2D eigenvalue weighted by molar-refractivity contribution is 7.80. The number of rotatable bonds is 4. The van der Waals surface area contributed by atoms with Gasteiger partial charge in [0.25, 0.3) is 0 Å². The molecule has 5 rings (SSSR count). The van der Waals surface area contributed by atoms with E-state index in [-0.39, 0.29) is 5.25 Å². The molecule has 1 aliphatic heterocycles. The lowest BCUT2D eigenvalue weighted by molar-refractivity contribution is 0.459. The molecule has 0 saturated carbocycles. The molecule has 1 aliphatic rings. The highest BCUT2D eigenvalue weighted by Crippen LogP contribution is 2.49. The van der Waals surface area contributed by atoms with E-state index in [1.807, 2.05) is 36.4 Å². The van der Waals surface area contributed by atoms with E-state index >= 15 is 0 Å². The second-order valence-electron chi connectivity index (χ2n) is 7.18. The average molecular weight is 396 g/mol. The van der Waals surface area contributed by atoms with Crippen molar-refractivity contribution in [3.63, 3.8) is 0 Å². The summed E-state index contributed by atoms with van der Waals surface area (Å²) in [5, 5.41) is 3.47. The van der Waals surface area contributed by atoms with Crippen molar-refractivity contribution in [2.45, 2.75) is 11.8 Å². The SMILES string of the molecule is SC1c2ccccc2Oc2cccc(-c3ccc(NCc4ccccc4)cc3)c21. The number of hydrogen-bond donors (Lipinski definition) is 2. The highest BCUT2D eigenvalue weighted by Gasteiger charge is 2.27. The lowest BCUT2D eigenvalue weighted by Crippen LogP contribution is -2.07. The topological polar surface area (TPSA) is 21.3 Å². The van der Waals surface area contributed by atoms with E-state index in [2.05, 4.69) is 66.0 Å². The molecule has 1 unspecified atom stereocenters. The number of thiol groups is 1. The van der Waals surface area contributed by atoms with Crippen LogP contribution in [0.5, 0.6) is 11.5 Å². The van der Waals surface area contributed by atoms with E-state index in [1.165, 1.54) is 5.56 Å². The van der Waals surface area contributed by atoms with E-state index < -0.39 is 0 Å². The standard InChI is InChI=1S/C26H21NOS/c29-26-22-9-4-5-11-23(22)28-24-12-6-10-21(25(24)26)19-13-15-20(16-14-19)27-17-18-7-2-1-3-8-18/h1-16,26-27,29H,17H2. The van der Waals surface area contributed by atoms with E-state index in [0.29, 0.717) is 0 Å². The molecule has 3 heteroatoms. The first-order chi connectivity index (χ1) is 14.3. The Labute approximate surface area is 176 Å². The number of hydrogen-bond acceptors (Lipinski definition) is 3. The molecule has 0 bridgehead atoms. The minimum Gasteiger partial charge on any atom is -0.457 e. The van der Waals surface area contributed by atoms with Gasteiger partial charge in [-0.05, 0) is 41.0 Å². The molecule has 2 nitrogen and oxygen atoms in total. The van der Waals surface area contributed by atoms with Crippen molar-refractivity contribution < 1.29 is 4.74 Å². The molecule has 1 atom stereocenters. The van der Waals surface area contributed by atoms with Gasteiger partial charge in [-0.2, -0.15) is 12.6 Å². The number of anilines is 1. The number of fused-ring (bicyclic) bond motifs is 2. The summed E-state index contributed by atoms with van der Waals surface area (Å²) < 4.78 is 6.16. The zero-order valence-corrected chi connectivity index (χ0v) is 16.8. The van der Waals surface area contributed by atoms with Crippen LogP contribution in [0.1, 0.15) is 21.9 Å². The number of nitrogens with one attached hydrogen (secondary N) is 1. The van der Waals surface area contributed by atoms with Gasteiger partial charge in [0.05, 0.1) is 5.25 Å². The van der Waals surface area contributed by atoms with Gasteiger partial charge in [-0.1, -0.05) is 72.8 Å². The molecular formula is C26H21NOS. The van der Waals surface area contributed by atoms with Crippen molar-refractivity contribution in [1.82, 2.24) is 0 Å². The van der Waals surface area contributed by atoms with Gasteiger partial charge in [0.15, 0.2) is 0 Å². The van der Waals surface area contributed by atoms with Crippen LogP contribution in [0.2, 0.25) is 0 Å². The Kier molecular flexibility index (Phi) is 4.74. The van der Waals surface area contributed by atoms with E-state index in [9.17, 15) is 0 Å². The Morgan fingerprint density at radius 2 is 1.45 bits per heavy atom. The third kappa shape index (κ3) is 3.50. The van der Waals surface area contributed by atoms with Gasteiger partial charge < -0.3 is 10.1 Å². The van der Waals surface area contributed by atoms with Crippen LogP contribution in [0.3, 0.4) is 0 Å². The summed E-state index contributed by atoms with van der Waals surface area (Å²) in [6, 6.07) is 33.3. The zero-order chi connectivity index (χ0) is 19.6. The highest BCUT2D eigenvalue weighted by atomic mass is 32.1. The van der Waals surface area contributed by atoms with Crippen LogP contribution in [0.4, 0.5) is 5.69 Å². The average Bonchev–Trinajstić information content (AvgIpc) is 2.78. The third-order valence-electron chi connectivity index (χ3n) is 5.31. The van der Waals surface area contributed by atoms with Crippen LogP contribution in [-0.2, 0) is 6.54 Å². The normalized spacial score (nSPS) is 14.4. The molecule has 1 N–H and O–H groups in total. The van der Waals surface area contributed by atoms with Gasteiger partial charge in [-0.3, -0.25) is 0 Å². The molecule has 142 valence electrons. The number of benzene rings is 4. The van der Waals surface area contributed by atoms with Gasteiger partial charge in [0.2, 0.25) is 0 Å². The maximum Gasteiger partial charge on any atom is 0.132 e. The molecule has 0 fully saturated rings. The molecule has 0 spiro atoms. The van der Waals surface area contributed by atoms with Crippen LogP contribution in [0.15, 0.2) is 97.1 Å². The van der Waals surface area contributed by atoms with Gasteiger partial charge in [-0.25, -0.2) is 0 Å². The Hall–Kier alpha value is -3.17. The first-order valence-corrected chi connectivity index (χ1v) is 10.3. The maximum absolute atomic E-state index is 6.16. The predicted octanol–water partition coefficient (Wildman–Crippen LogP) is 7.09. The Morgan fingerprint density at radius 1 is 0.724 bits per heavy atom. The third-order valence-corrected chi connectivity index (χ3v) is 5.84. The molecule has 4 aromatic rings. The summed E-state index contributed by atoms with van der Waals surface area (Å²) in [5.74, 6) is 1.77. The molecule has 4 aromatic carbocycles. The fourth-order valence-corrected chi connectivity index (χ4v) is 4.29. The zero-order valence-electron chi connectivity index (χ0n) is 15.9. The van der Waals surface area contributed by atoms with Crippen LogP contribution < -0.4 is 10.1 Å². The van der Waals surface area contributed by atoms with Gasteiger partial charge in [0.1, 0.15) is 11.5 Å². The van der Waals surface area contributed by atoms with Crippen molar-refractivity contribution >= 4 is 18.3 Å². The number of para-hydroxylation sites is 1. The van der Waals surface area contributed by atoms with Crippen LogP contribution in [0.25, 0.3) is 11.1 Å². The Balaban J connectivity index is 1.42. The molecule has 1 heterocycles. The quantitative estimate of drug-likeness (QED) is 0.360. The van der Waals surface area contributed by atoms with Crippen molar-refractivity contribution in [2.75, 3.05) is 5.32 Å². The van der Waals surface area contributed by atoms with Crippen LogP contribution >= 0.6 is 12.6 Å². The van der Waals surface area contributed by atoms with E-state index in [1.54, 1.807) is 0 Å². The van der Waals surface area contributed by atoms with Gasteiger partial charge >= 0.3 is 0 Å². The molecule has 0 aromatic heterocycles. The molecule has 0 radical (unpaired) electrons. The molecule has 0 aliphatic carbocycles. The molecule has 0 amide bonds. The summed E-state index contributed by atoms with van der Waals surface area (Å²) in [7, 11) is 0. The largest absolute Gasteiger partial charge is 0.457 e. The first-order valence-electron chi connectivity index (χ1n) is 9.75. The Morgan fingerprint density at radius 3 is 2.28 bits per heavy atom. The lowest BCUT2D eigenvalue weighted by Gasteiger charge is -2.27. The summed E-state index contributed by atoms with van der Waals surface area (Å²) in [4.78, 5) is 0. The van der Waals surface area contributed by atoms with Crippen LogP contribution in [0, 0.1) is 0 Å². The van der Waals surface area contributed by atoms with E-state index in [0.717, 1.165) is 46.0 Å². The fourth-order valence-electron chi connectivity index (χ4n) is 3.81. The Bertz CT molecular complexity index is 1140. The van der Waals surface area contributed by atoms with Crippen molar-refractivity contribution in [2.24, 2.45) is 0 Å².